The van der Waals surface area contributed by atoms with Gasteiger partial charge >= 0.3 is 24.7 Å². The Bertz CT molecular complexity index is 4440. The quantitative estimate of drug-likeness (QED) is 0.00630. The molecule has 12 N–H and O–H groups in total. The summed E-state index contributed by atoms with van der Waals surface area (Å²) in [6.45, 7) is 20.8. The second kappa shape index (κ2) is 51.8. The first-order valence-electron chi connectivity index (χ1n) is 34.3. The van der Waals surface area contributed by atoms with Gasteiger partial charge in [-0.25, -0.2) is 24.9 Å². The Kier molecular flexibility index (Phi) is 48.5. The molecule has 0 aliphatic rings. The van der Waals surface area contributed by atoms with E-state index in [4.69, 9.17) is 56.8 Å². The first-order chi connectivity index (χ1) is 53.7. The van der Waals surface area contributed by atoms with Crippen LogP contribution in [0.5, 0.6) is 23.5 Å². The van der Waals surface area contributed by atoms with Crippen LogP contribution in [-0.2, 0) is 29.4 Å². The second-order valence-electron chi connectivity index (χ2n) is 26.6. The number of allylic oxidation sites excluding steroid dienone is 2. The molecule has 0 amide bonds. The van der Waals surface area contributed by atoms with Gasteiger partial charge in [0.15, 0.2) is 12.3 Å². The number of hydrogen-bond acceptors (Lipinski definition) is 26. The molecule has 0 unspecified atom stereocenters. The van der Waals surface area contributed by atoms with Gasteiger partial charge in [0.1, 0.15) is 50.0 Å². The van der Waals surface area contributed by atoms with Crippen molar-refractivity contribution in [2.75, 3.05) is 99.0 Å². The van der Waals surface area contributed by atoms with Crippen molar-refractivity contribution in [3.05, 3.63) is 158 Å². The SMILES string of the molecule is CN(C)C(OC(C)(C)C)N(C)C.COc1nc(C(C)C)c(S/C(C#N)=C/Nc2ccccc2)cc1C(F)(F)F.COc1nc(C(C)C)c(SC(C#N)=CN(C)C)cc1C(F)(F)F.COc1nc(C(C)C)c(SCC#N)cc1C(F)(F)F.COc1nc(C(C)C)c(Sc2cnc(N)nc2N)cc1C(F)(F)F.Cl.Cl.N=C(N)N.Nc1ccccc1. The molecule has 0 saturated carbocycles. The number of methoxy groups -OCH3 is 4. The number of ether oxygens (including phenoxy) is 5. The Morgan fingerprint density at radius 2 is 0.847 bits per heavy atom. The normalized spacial score (nSPS) is 11.5. The number of aromatic nitrogens is 6. The van der Waals surface area contributed by atoms with Gasteiger partial charge in [-0.3, -0.25) is 15.2 Å². The number of pyridine rings is 4. The van der Waals surface area contributed by atoms with Crippen LogP contribution in [-0.4, -0.2) is 139 Å². The number of rotatable bonds is 22. The molecule has 0 aliphatic carbocycles. The predicted molar refractivity (Wildman–Crippen MR) is 447 cm³/mol. The number of anilines is 4. The summed E-state index contributed by atoms with van der Waals surface area (Å²) in [4.78, 5) is 31.5. The maximum Gasteiger partial charge on any atom is 0.421 e. The van der Waals surface area contributed by atoms with Crippen molar-refractivity contribution >= 4 is 101 Å². The molecular weight excluding hydrogens is 1690 g/mol. The summed E-state index contributed by atoms with van der Waals surface area (Å²) in [5.74, 6) is -2.45. The minimum atomic E-state index is -4.61. The van der Waals surface area contributed by atoms with Crippen molar-refractivity contribution in [2.45, 2.75) is 161 Å². The fourth-order valence-electron chi connectivity index (χ4n) is 8.88. The zero-order valence-electron chi connectivity index (χ0n) is 68.7. The summed E-state index contributed by atoms with van der Waals surface area (Å²) in [6, 6.07) is 28.5. The maximum absolute atomic E-state index is 13.3. The van der Waals surface area contributed by atoms with Crippen molar-refractivity contribution < 1.29 is 76.4 Å². The lowest BCUT2D eigenvalue weighted by Gasteiger charge is -2.35. The van der Waals surface area contributed by atoms with Crippen LogP contribution < -0.4 is 52.9 Å². The van der Waals surface area contributed by atoms with Crippen LogP contribution in [0.4, 0.5) is 75.8 Å². The molecule has 0 atom stereocenters. The van der Waals surface area contributed by atoms with Crippen molar-refractivity contribution in [2.24, 2.45) is 11.5 Å². The Hall–Kier alpha value is -9.44. The predicted octanol–water partition coefficient (Wildman–Crippen LogP) is 19.4. The fraction of sp³-hybridized carbons (Fsp3) is 0.421. The summed E-state index contributed by atoms with van der Waals surface area (Å²) in [7, 11) is 16.1. The number of para-hydroxylation sites is 2. The van der Waals surface area contributed by atoms with Gasteiger partial charge in [0.2, 0.25) is 29.5 Å². The highest BCUT2D eigenvalue weighted by atomic mass is 35.5. The van der Waals surface area contributed by atoms with Crippen LogP contribution in [0.2, 0.25) is 0 Å². The van der Waals surface area contributed by atoms with Crippen LogP contribution in [0.1, 0.15) is 145 Å². The minimum absolute atomic E-state index is 0. The van der Waals surface area contributed by atoms with Crippen LogP contribution in [0, 0.1) is 39.4 Å². The number of nitriles is 3. The van der Waals surface area contributed by atoms with Crippen molar-refractivity contribution in [1.82, 2.24) is 44.6 Å². The first-order valence-corrected chi connectivity index (χ1v) is 37.8. The third-order valence-electron chi connectivity index (χ3n) is 13.7. The molecule has 5 heterocycles. The highest BCUT2D eigenvalue weighted by Crippen LogP contribution is 2.46. The van der Waals surface area contributed by atoms with E-state index in [1.807, 2.05) is 172 Å². The number of thioether (sulfide) groups is 3. The first kappa shape index (κ1) is 111. The van der Waals surface area contributed by atoms with Gasteiger partial charge in [-0.05, 0) is 121 Å². The molecule has 24 nitrogen and oxygen atoms in total. The second-order valence-corrected chi connectivity index (χ2v) is 30.9. The van der Waals surface area contributed by atoms with Crippen LogP contribution >= 0.6 is 71.9 Å². The van der Waals surface area contributed by atoms with Crippen LogP contribution in [0.15, 0.2) is 138 Å². The van der Waals surface area contributed by atoms with Gasteiger partial charge < -0.3 is 62.6 Å². The topological polar surface area (TPSA) is 371 Å². The van der Waals surface area contributed by atoms with Gasteiger partial charge in [-0.1, -0.05) is 127 Å². The number of benzene rings is 2. The molecule has 0 spiro atoms. The van der Waals surface area contributed by atoms with Crippen molar-refractivity contribution in [3.8, 4) is 41.7 Å². The van der Waals surface area contributed by atoms with E-state index in [-0.39, 0.29) is 98.6 Å². The number of nitrogens with one attached hydrogen (secondary N) is 2. The average Bonchev–Trinajstić information content (AvgIpc) is 0.811. The van der Waals surface area contributed by atoms with E-state index in [2.05, 4.69) is 67.5 Å². The Morgan fingerprint density at radius 3 is 1.13 bits per heavy atom. The molecule has 7 aromatic rings. The summed E-state index contributed by atoms with van der Waals surface area (Å²) >= 11 is 3.94. The number of alkyl halides is 12. The van der Waals surface area contributed by atoms with Gasteiger partial charge in [0.05, 0.1) is 73.5 Å². The molecule has 0 aliphatic heterocycles. The molecule has 7 rings (SSSR count). The summed E-state index contributed by atoms with van der Waals surface area (Å²) < 4.78 is 183. The minimum Gasteiger partial charge on any atom is -0.481 e. The third kappa shape index (κ3) is 39.4. The molecule has 42 heteroatoms. The van der Waals surface area contributed by atoms with E-state index in [9.17, 15) is 57.9 Å². The number of nitrogens with two attached hydrogens (primary N) is 5. The fourth-order valence-corrected chi connectivity index (χ4v) is 12.9. The lowest BCUT2D eigenvalue weighted by Crippen LogP contribution is -2.46. The van der Waals surface area contributed by atoms with E-state index in [0.717, 1.165) is 111 Å². The van der Waals surface area contributed by atoms with Crippen LogP contribution in [0.3, 0.4) is 0 Å². The van der Waals surface area contributed by atoms with Gasteiger partial charge in [-0.15, -0.1) is 36.6 Å². The number of nitrogen functional groups attached to an aromatic ring is 3. The van der Waals surface area contributed by atoms with E-state index in [0.29, 0.717) is 42.4 Å². The molecular formula is C76H101Cl2F12N19O5S4. The average molecular weight is 1790 g/mol. The Morgan fingerprint density at radius 1 is 0.517 bits per heavy atom. The molecule has 0 bridgehead atoms. The summed E-state index contributed by atoms with van der Waals surface area (Å²) in [5.41, 5.74) is 25.0. The highest BCUT2D eigenvalue weighted by molar-refractivity contribution is 8.03. The van der Waals surface area contributed by atoms with E-state index >= 15 is 0 Å². The maximum atomic E-state index is 13.3. The van der Waals surface area contributed by atoms with Gasteiger partial charge in [0, 0.05) is 63.6 Å². The van der Waals surface area contributed by atoms with Crippen LogP contribution in [0.25, 0.3) is 0 Å². The van der Waals surface area contributed by atoms with Crippen molar-refractivity contribution in [1.29, 1.82) is 21.2 Å². The molecule has 5 aromatic heterocycles. The molecule has 0 fully saturated rings. The zero-order chi connectivity index (χ0) is 89.1. The molecule has 2 aromatic carbocycles. The molecule has 0 radical (unpaired) electrons. The summed E-state index contributed by atoms with van der Waals surface area (Å²) in [5, 5.41) is 36.1. The van der Waals surface area contributed by atoms with Gasteiger partial charge in [-0.2, -0.15) is 73.5 Å². The molecule has 118 heavy (non-hydrogen) atoms. The number of guanidine groups is 1. The van der Waals surface area contributed by atoms with Crippen molar-refractivity contribution in [3.63, 3.8) is 0 Å². The third-order valence-corrected chi connectivity index (χ3v) is 17.7. The van der Waals surface area contributed by atoms with E-state index in [1.165, 1.54) is 12.4 Å². The standard InChI is InChI=1S/C19H18F3N3OS.C15H18F3N3OS.C14H16F3N5OS.C12H13F3N2OS.C9H22N2O.C6H7N.CH5N3.2ClH/c1-12(2)17-16(9-15(19(20,21)22)18(25-17)26-3)27-14(10-23)11-24-13-7-5-4-6-8-13;1-9(2)13-12(23-10(7-19)8-21(3)4)6-11(15(16,17)18)14(20-13)22-5;1-6(2)10-8(24-9-5-20-13(19)22-11(9)18)4-7(14(15,16)17)12(21-10)23-3;1-7(2)10-9(19-5-4-16)6-8(12(13,14)15)11(17-10)18-3;1-9(2,3)12-8(10(4)5)11(6)7;7-6-4-2-1-3-5-6;2-1(3)4;;/h4-9,11-12,24H,1-3H3;6,8-9H,1-5H3;4-6H,1-3H3,(H4,18,19,20,22);6-7H,5H2,1-3H3;8H,1-7H3;1-5H,7H2;(H5,2,3,4);2*1H/b14-11+;;;;;;;;. The zero-order valence-corrected chi connectivity index (χ0v) is 73.6. The monoisotopic (exact) mass is 1790 g/mol. The Labute approximate surface area is 710 Å². The number of hydrogen-bond donors (Lipinski definition) is 7. The lowest BCUT2D eigenvalue weighted by molar-refractivity contribution is -0.179. The largest absolute Gasteiger partial charge is 0.481 e. The van der Waals surface area contributed by atoms with Gasteiger partial charge in [0.25, 0.3) is 0 Å². The highest BCUT2D eigenvalue weighted by Gasteiger charge is 2.40. The number of halogens is 14. The lowest BCUT2D eigenvalue weighted by atomic mass is 10.1. The smallest absolute Gasteiger partial charge is 0.421 e. The Balaban J connectivity index is 0. The van der Waals surface area contributed by atoms with E-state index < -0.39 is 70.5 Å². The number of nitrogens with zero attached hydrogens (tertiary/aromatic N) is 12. The summed E-state index contributed by atoms with van der Waals surface area (Å²) in [6.07, 6.45) is -13.9. The van der Waals surface area contributed by atoms with E-state index in [1.54, 1.807) is 25.2 Å². The molecule has 0 saturated heterocycles. The molecule has 652 valence electrons.